The van der Waals surface area contributed by atoms with E-state index >= 15 is 0 Å². The zero-order valence-electron chi connectivity index (χ0n) is 11.4. The molecule has 3 aromatic rings. The van der Waals surface area contributed by atoms with E-state index in [4.69, 9.17) is 5.26 Å². The van der Waals surface area contributed by atoms with Gasteiger partial charge in [-0.05, 0) is 28.5 Å². The van der Waals surface area contributed by atoms with Crippen LogP contribution in [0.25, 0.3) is 22.9 Å². The molecule has 0 aliphatic rings. The topological polar surface area (TPSA) is 45.8 Å². The second kappa shape index (κ2) is 5.39. The van der Waals surface area contributed by atoms with Gasteiger partial charge in [0, 0.05) is 13.1 Å². The fraction of sp³-hybridized carbons (Fsp3) is 0.0588. The molecule has 0 aliphatic carbocycles. The van der Waals surface area contributed by atoms with Crippen LogP contribution in [0.2, 0.25) is 0 Å². The van der Waals surface area contributed by atoms with Crippen molar-refractivity contribution in [3.63, 3.8) is 0 Å². The van der Waals surface area contributed by atoms with Gasteiger partial charge in [-0.2, -0.15) is 5.26 Å². The van der Waals surface area contributed by atoms with Gasteiger partial charge >= 0.3 is 0 Å². The second-order valence-electron chi connectivity index (χ2n) is 4.69. The van der Waals surface area contributed by atoms with Crippen molar-refractivity contribution in [2.45, 2.75) is 0 Å². The SMILES string of the molecule is Cn1c(=O)/c(=C\c2ccc3ccccc3c2)s/c1=C\C#N. The smallest absolute Gasteiger partial charge is 0.268 e. The number of hydrogen-bond donors (Lipinski definition) is 0. The zero-order chi connectivity index (χ0) is 14.8. The molecule has 0 amide bonds. The fourth-order valence-corrected chi connectivity index (χ4v) is 3.19. The largest absolute Gasteiger partial charge is 0.301 e. The van der Waals surface area contributed by atoms with Gasteiger partial charge in [-0.3, -0.25) is 4.79 Å². The van der Waals surface area contributed by atoms with Crippen LogP contribution in [0.3, 0.4) is 0 Å². The number of fused-ring (bicyclic) bond motifs is 1. The van der Waals surface area contributed by atoms with Crippen LogP contribution in [0, 0.1) is 11.3 Å². The molecule has 0 radical (unpaired) electrons. The molecule has 1 heterocycles. The average molecular weight is 292 g/mol. The molecule has 0 aliphatic heterocycles. The van der Waals surface area contributed by atoms with Crippen LogP contribution >= 0.6 is 11.3 Å². The average Bonchev–Trinajstić information content (AvgIpc) is 2.76. The first kappa shape index (κ1) is 13.3. The van der Waals surface area contributed by atoms with Crippen molar-refractivity contribution in [3.8, 4) is 6.07 Å². The highest BCUT2D eigenvalue weighted by atomic mass is 32.1. The first-order valence-electron chi connectivity index (χ1n) is 6.45. The Labute approximate surface area is 125 Å². The van der Waals surface area contributed by atoms with Gasteiger partial charge in [0.2, 0.25) is 0 Å². The second-order valence-corrected chi connectivity index (χ2v) is 5.76. The third-order valence-corrected chi connectivity index (χ3v) is 4.43. The minimum Gasteiger partial charge on any atom is -0.301 e. The summed E-state index contributed by atoms with van der Waals surface area (Å²) >= 11 is 1.33. The van der Waals surface area contributed by atoms with Gasteiger partial charge in [0.1, 0.15) is 4.66 Å². The van der Waals surface area contributed by atoms with Gasteiger partial charge in [-0.15, -0.1) is 11.3 Å². The molecule has 4 heteroatoms. The van der Waals surface area contributed by atoms with Gasteiger partial charge in [-0.1, -0.05) is 36.4 Å². The third kappa shape index (κ3) is 2.51. The van der Waals surface area contributed by atoms with Gasteiger partial charge in [0.15, 0.2) is 0 Å². The molecule has 1 aromatic heterocycles. The number of nitriles is 1. The minimum atomic E-state index is -0.0744. The van der Waals surface area contributed by atoms with E-state index in [-0.39, 0.29) is 5.56 Å². The monoisotopic (exact) mass is 292 g/mol. The van der Waals surface area contributed by atoms with Crippen molar-refractivity contribution in [2.75, 3.05) is 0 Å². The third-order valence-electron chi connectivity index (χ3n) is 3.32. The van der Waals surface area contributed by atoms with E-state index < -0.39 is 0 Å². The highest BCUT2D eigenvalue weighted by molar-refractivity contribution is 7.07. The van der Waals surface area contributed by atoms with Gasteiger partial charge < -0.3 is 4.57 Å². The van der Waals surface area contributed by atoms with E-state index in [0.29, 0.717) is 9.20 Å². The highest BCUT2D eigenvalue weighted by Crippen LogP contribution is 2.15. The van der Waals surface area contributed by atoms with Crippen molar-refractivity contribution in [1.29, 1.82) is 5.26 Å². The Hall–Kier alpha value is -2.64. The van der Waals surface area contributed by atoms with E-state index in [9.17, 15) is 4.79 Å². The summed E-state index contributed by atoms with van der Waals surface area (Å²) in [5.41, 5.74) is 0.908. The van der Waals surface area contributed by atoms with Gasteiger partial charge in [0.25, 0.3) is 5.56 Å². The molecule has 0 atom stereocenters. The number of aromatic nitrogens is 1. The zero-order valence-corrected chi connectivity index (χ0v) is 12.2. The van der Waals surface area contributed by atoms with Crippen molar-refractivity contribution in [2.24, 2.45) is 7.05 Å². The molecule has 0 saturated heterocycles. The summed E-state index contributed by atoms with van der Waals surface area (Å²) in [7, 11) is 1.68. The van der Waals surface area contributed by atoms with Crippen molar-refractivity contribution in [1.82, 2.24) is 4.57 Å². The molecule has 2 aromatic carbocycles. The van der Waals surface area contributed by atoms with E-state index in [0.717, 1.165) is 10.9 Å². The number of rotatable bonds is 1. The Kier molecular flexibility index (Phi) is 3.43. The molecule has 0 saturated carbocycles. The first-order chi connectivity index (χ1) is 10.2. The van der Waals surface area contributed by atoms with Crippen LogP contribution in [-0.4, -0.2) is 4.57 Å². The maximum Gasteiger partial charge on any atom is 0.268 e. The van der Waals surface area contributed by atoms with Crippen LogP contribution < -0.4 is 14.8 Å². The fourth-order valence-electron chi connectivity index (χ4n) is 2.21. The minimum absolute atomic E-state index is 0.0744. The maximum absolute atomic E-state index is 12.1. The van der Waals surface area contributed by atoms with Gasteiger partial charge in [0.05, 0.1) is 10.6 Å². The van der Waals surface area contributed by atoms with Crippen molar-refractivity contribution >= 4 is 34.3 Å². The van der Waals surface area contributed by atoms with Crippen LogP contribution in [-0.2, 0) is 7.05 Å². The lowest BCUT2D eigenvalue weighted by Crippen LogP contribution is -2.28. The normalized spacial score (nSPS) is 12.8. The van der Waals surface area contributed by atoms with E-state index in [1.54, 1.807) is 7.05 Å². The lowest BCUT2D eigenvalue weighted by molar-refractivity contribution is 0.857. The van der Waals surface area contributed by atoms with Crippen LogP contribution in [0.4, 0.5) is 0 Å². The molecule has 3 nitrogen and oxygen atoms in total. The predicted octanol–water partition coefficient (Wildman–Crippen LogP) is 1.73. The lowest BCUT2D eigenvalue weighted by Gasteiger charge is -1.98. The Bertz CT molecular complexity index is 1040. The van der Waals surface area contributed by atoms with E-state index in [1.807, 2.05) is 42.5 Å². The quantitative estimate of drug-likeness (QED) is 0.686. The Morgan fingerprint density at radius 2 is 1.95 bits per heavy atom. The lowest BCUT2D eigenvalue weighted by atomic mass is 10.1. The number of nitrogens with zero attached hydrogens (tertiary/aromatic N) is 2. The van der Waals surface area contributed by atoms with Crippen molar-refractivity contribution in [3.05, 3.63) is 67.6 Å². The first-order valence-corrected chi connectivity index (χ1v) is 7.27. The van der Waals surface area contributed by atoms with E-state index in [2.05, 4.69) is 12.1 Å². The molecule has 3 rings (SSSR count). The number of hydrogen-bond acceptors (Lipinski definition) is 3. The molecule has 0 fully saturated rings. The molecule has 0 spiro atoms. The maximum atomic E-state index is 12.1. The Balaban J connectivity index is 2.21. The number of thiazole rings is 1. The molecular weight excluding hydrogens is 280 g/mol. The standard InChI is InChI=1S/C17H12N2OS/c1-19-16(8-9-18)21-15(17(19)20)11-12-6-7-13-4-2-3-5-14(13)10-12/h2-8,10-11H,1H3/b15-11+,16-8-. The number of benzene rings is 2. The molecule has 0 N–H and O–H groups in total. The van der Waals surface area contributed by atoms with Crippen molar-refractivity contribution < 1.29 is 0 Å². The predicted molar refractivity (Wildman–Crippen MR) is 86.4 cm³/mol. The summed E-state index contributed by atoms with van der Waals surface area (Å²) in [5, 5.41) is 11.0. The summed E-state index contributed by atoms with van der Waals surface area (Å²) < 4.78 is 2.80. The summed E-state index contributed by atoms with van der Waals surface area (Å²) in [6.45, 7) is 0. The Morgan fingerprint density at radius 1 is 1.19 bits per heavy atom. The van der Waals surface area contributed by atoms with Crippen LogP contribution in [0.5, 0.6) is 0 Å². The summed E-state index contributed by atoms with van der Waals surface area (Å²) in [4.78, 5) is 12.1. The summed E-state index contributed by atoms with van der Waals surface area (Å²) in [6, 6.07) is 16.2. The summed E-state index contributed by atoms with van der Waals surface area (Å²) in [5.74, 6) is 0. The van der Waals surface area contributed by atoms with Crippen LogP contribution in [0.1, 0.15) is 5.56 Å². The molecule has 0 bridgehead atoms. The molecule has 21 heavy (non-hydrogen) atoms. The molecular formula is C17H12N2OS. The highest BCUT2D eigenvalue weighted by Gasteiger charge is 2.00. The van der Waals surface area contributed by atoms with E-state index in [1.165, 1.54) is 27.4 Å². The molecule has 0 unspecified atom stereocenters. The van der Waals surface area contributed by atoms with Gasteiger partial charge in [-0.25, -0.2) is 0 Å². The van der Waals surface area contributed by atoms with Crippen LogP contribution in [0.15, 0.2) is 47.3 Å². The summed E-state index contributed by atoms with van der Waals surface area (Å²) in [6.07, 6.45) is 3.26. The Morgan fingerprint density at radius 3 is 2.71 bits per heavy atom. The molecule has 102 valence electrons.